The lowest BCUT2D eigenvalue weighted by atomic mass is 10.1. The number of para-hydroxylation sites is 1. The summed E-state index contributed by atoms with van der Waals surface area (Å²) >= 11 is 5.97. The van der Waals surface area contributed by atoms with Gasteiger partial charge in [0.25, 0.3) is 0 Å². The zero-order chi connectivity index (χ0) is 23.0. The molecule has 0 atom stereocenters. The van der Waals surface area contributed by atoms with Crippen molar-refractivity contribution >= 4 is 34.2 Å². The molecule has 6 heteroatoms. The van der Waals surface area contributed by atoms with Gasteiger partial charge in [-0.3, -0.25) is 4.79 Å². The highest BCUT2D eigenvalue weighted by Crippen LogP contribution is 2.21. The zero-order valence-corrected chi connectivity index (χ0v) is 18.9. The van der Waals surface area contributed by atoms with Crippen LogP contribution in [0.25, 0.3) is 11.0 Å². The quantitative estimate of drug-likeness (QED) is 0.264. The Morgan fingerprint density at radius 2 is 1.64 bits per heavy atom. The monoisotopic (exact) mass is 460 g/mol. The molecule has 1 N–H and O–H groups in total. The smallest absolute Gasteiger partial charge is 0.338 e. The summed E-state index contributed by atoms with van der Waals surface area (Å²) in [7, 11) is 0. The second-order valence-electron chi connectivity index (χ2n) is 7.86. The maximum absolute atomic E-state index is 13.1. The van der Waals surface area contributed by atoms with Gasteiger partial charge in [-0.15, -0.1) is 0 Å². The van der Waals surface area contributed by atoms with Gasteiger partial charge in [-0.05, 0) is 41.8 Å². The summed E-state index contributed by atoms with van der Waals surface area (Å²) in [6.45, 7) is 1.76. The van der Waals surface area contributed by atoms with E-state index < -0.39 is 0 Å². The molecule has 1 heterocycles. The molecule has 5 nitrogen and oxygen atoms in total. The van der Waals surface area contributed by atoms with E-state index in [2.05, 4.69) is 5.32 Å². The lowest BCUT2D eigenvalue weighted by Crippen LogP contribution is -2.33. The van der Waals surface area contributed by atoms with E-state index in [0.717, 1.165) is 28.6 Å². The number of amides is 1. The van der Waals surface area contributed by atoms with Crippen LogP contribution in [0.5, 0.6) is 0 Å². The number of benzene rings is 3. The average Bonchev–Trinajstić information content (AvgIpc) is 2.83. The van der Waals surface area contributed by atoms with Gasteiger partial charge in [0, 0.05) is 36.1 Å². The molecule has 0 saturated heterocycles. The third-order valence-electron chi connectivity index (χ3n) is 5.41. The Bertz CT molecular complexity index is 1270. The first-order valence-corrected chi connectivity index (χ1v) is 11.3. The van der Waals surface area contributed by atoms with E-state index in [1.54, 1.807) is 18.2 Å². The molecular formula is C27H25ClN2O3. The maximum Gasteiger partial charge on any atom is 0.338 e. The van der Waals surface area contributed by atoms with E-state index >= 15 is 0 Å². The van der Waals surface area contributed by atoms with Crippen molar-refractivity contribution in [3.8, 4) is 0 Å². The fraction of sp³-hybridized carbons (Fsp3) is 0.185. The number of hydrogen-bond donors (Lipinski definition) is 1. The third kappa shape index (κ3) is 6.24. The van der Waals surface area contributed by atoms with Gasteiger partial charge >= 0.3 is 5.63 Å². The molecule has 168 valence electrons. The van der Waals surface area contributed by atoms with Crippen molar-refractivity contribution in [2.45, 2.75) is 19.4 Å². The summed E-state index contributed by atoms with van der Waals surface area (Å²) in [5.41, 5.74) is 2.92. The van der Waals surface area contributed by atoms with Crippen molar-refractivity contribution in [1.29, 1.82) is 0 Å². The van der Waals surface area contributed by atoms with Crippen molar-refractivity contribution in [1.82, 2.24) is 4.90 Å². The Morgan fingerprint density at radius 1 is 0.909 bits per heavy atom. The summed E-state index contributed by atoms with van der Waals surface area (Å²) in [4.78, 5) is 26.8. The summed E-state index contributed by atoms with van der Waals surface area (Å²) in [6, 6.07) is 26.2. The van der Waals surface area contributed by atoms with Crippen LogP contribution in [-0.2, 0) is 17.8 Å². The molecule has 0 saturated carbocycles. The van der Waals surface area contributed by atoms with Crippen molar-refractivity contribution < 1.29 is 9.21 Å². The van der Waals surface area contributed by atoms with Crippen LogP contribution < -0.4 is 10.9 Å². The topological polar surface area (TPSA) is 62.6 Å². The molecule has 33 heavy (non-hydrogen) atoms. The average molecular weight is 461 g/mol. The van der Waals surface area contributed by atoms with Crippen LogP contribution in [0.4, 0.5) is 5.69 Å². The van der Waals surface area contributed by atoms with Crippen molar-refractivity contribution in [3.63, 3.8) is 0 Å². The van der Waals surface area contributed by atoms with Gasteiger partial charge in [-0.25, -0.2) is 4.79 Å². The lowest BCUT2D eigenvalue weighted by molar-refractivity contribution is -0.131. The lowest BCUT2D eigenvalue weighted by Gasteiger charge is -2.23. The SMILES string of the molecule is O=C(Cc1ccc(Cl)cc1)N(CCCNc1cc(=O)oc2ccccc12)Cc1ccccc1. The van der Waals surface area contributed by atoms with Gasteiger partial charge in [-0.2, -0.15) is 0 Å². The van der Waals surface area contributed by atoms with Crippen molar-refractivity contribution in [2.75, 3.05) is 18.4 Å². The van der Waals surface area contributed by atoms with Gasteiger partial charge in [0.15, 0.2) is 0 Å². The highest BCUT2D eigenvalue weighted by atomic mass is 35.5. The highest BCUT2D eigenvalue weighted by Gasteiger charge is 2.15. The van der Waals surface area contributed by atoms with Gasteiger partial charge in [0.2, 0.25) is 5.91 Å². The Kier molecular flexibility index (Phi) is 7.43. The molecule has 0 aliphatic carbocycles. The molecule has 0 aliphatic heterocycles. The molecule has 4 aromatic rings. The molecule has 4 rings (SSSR count). The van der Waals surface area contributed by atoms with E-state index in [1.807, 2.05) is 65.6 Å². The maximum atomic E-state index is 13.1. The van der Waals surface area contributed by atoms with Crippen LogP contribution >= 0.6 is 11.6 Å². The largest absolute Gasteiger partial charge is 0.423 e. The standard InChI is InChI=1S/C27H25ClN2O3/c28-22-13-11-20(12-14-22)17-26(31)30(19-21-7-2-1-3-8-21)16-6-15-29-24-18-27(32)33-25-10-5-4-9-23(24)25/h1-5,7-14,18,29H,6,15-17,19H2. The van der Waals surface area contributed by atoms with Crippen LogP contribution in [0, 0.1) is 0 Å². The minimum absolute atomic E-state index is 0.0620. The molecule has 0 radical (unpaired) electrons. The number of carbonyl (C=O) groups excluding carboxylic acids is 1. The number of nitrogens with one attached hydrogen (secondary N) is 1. The van der Waals surface area contributed by atoms with Crippen LogP contribution in [0.3, 0.4) is 0 Å². The van der Waals surface area contributed by atoms with E-state index in [1.165, 1.54) is 6.07 Å². The van der Waals surface area contributed by atoms with Crippen molar-refractivity contribution in [3.05, 3.63) is 111 Å². The molecule has 0 spiro atoms. The van der Waals surface area contributed by atoms with E-state index in [4.69, 9.17) is 16.0 Å². The van der Waals surface area contributed by atoms with Crippen molar-refractivity contribution in [2.24, 2.45) is 0 Å². The van der Waals surface area contributed by atoms with E-state index in [-0.39, 0.29) is 11.5 Å². The summed E-state index contributed by atoms with van der Waals surface area (Å²) in [5.74, 6) is 0.0620. The van der Waals surface area contributed by atoms with Gasteiger partial charge in [0.05, 0.1) is 12.1 Å². The van der Waals surface area contributed by atoms with E-state index in [0.29, 0.717) is 36.7 Å². The fourth-order valence-corrected chi connectivity index (χ4v) is 3.86. The number of rotatable bonds is 9. The Balaban J connectivity index is 1.41. The van der Waals surface area contributed by atoms with Crippen LogP contribution in [-0.4, -0.2) is 23.9 Å². The highest BCUT2D eigenvalue weighted by molar-refractivity contribution is 6.30. The second-order valence-corrected chi connectivity index (χ2v) is 8.30. The molecule has 1 amide bonds. The fourth-order valence-electron chi connectivity index (χ4n) is 3.74. The zero-order valence-electron chi connectivity index (χ0n) is 18.2. The minimum atomic E-state index is -0.389. The number of hydrogen-bond acceptors (Lipinski definition) is 4. The van der Waals surface area contributed by atoms with Gasteiger partial charge in [0.1, 0.15) is 5.58 Å². The Morgan fingerprint density at radius 3 is 2.42 bits per heavy atom. The summed E-state index contributed by atoms with van der Waals surface area (Å²) in [5, 5.41) is 4.84. The number of fused-ring (bicyclic) bond motifs is 1. The first kappa shape index (κ1) is 22.6. The predicted octanol–water partition coefficient (Wildman–Crippen LogP) is 5.52. The molecule has 0 aliphatic rings. The molecule has 0 fully saturated rings. The van der Waals surface area contributed by atoms with Crippen LogP contribution in [0.1, 0.15) is 17.5 Å². The molecular weight excluding hydrogens is 436 g/mol. The molecule has 0 bridgehead atoms. The molecule has 0 unspecified atom stereocenters. The van der Waals surface area contributed by atoms with Gasteiger partial charge < -0.3 is 14.6 Å². The normalized spacial score (nSPS) is 10.8. The predicted molar refractivity (Wildman–Crippen MR) is 133 cm³/mol. The first-order valence-electron chi connectivity index (χ1n) is 10.9. The van der Waals surface area contributed by atoms with Crippen LogP contribution in [0.2, 0.25) is 5.02 Å². The van der Waals surface area contributed by atoms with E-state index in [9.17, 15) is 9.59 Å². The number of halogens is 1. The number of carbonyl (C=O) groups is 1. The third-order valence-corrected chi connectivity index (χ3v) is 5.66. The first-order chi connectivity index (χ1) is 16.1. The Labute approximate surface area is 197 Å². The molecule has 3 aromatic carbocycles. The summed E-state index contributed by atoms with van der Waals surface area (Å²) < 4.78 is 5.25. The Hall–Kier alpha value is -3.57. The minimum Gasteiger partial charge on any atom is -0.423 e. The van der Waals surface area contributed by atoms with Crippen LogP contribution in [0.15, 0.2) is 94.1 Å². The molecule has 1 aromatic heterocycles. The number of anilines is 1. The number of nitrogens with zero attached hydrogens (tertiary/aromatic N) is 1. The second kappa shape index (κ2) is 10.8. The summed E-state index contributed by atoms with van der Waals surface area (Å²) in [6.07, 6.45) is 1.05. The van der Waals surface area contributed by atoms with Gasteiger partial charge in [-0.1, -0.05) is 66.2 Å².